The summed E-state index contributed by atoms with van der Waals surface area (Å²) in [5, 5.41) is 21.3. The molecule has 9 nitrogen and oxygen atoms in total. The van der Waals surface area contributed by atoms with Crippen molar-refractivity contribution in [3.05, 3.63) is 96.5 Å². The number of pyridine rings is 1. The van der Waals surface area contributed by atoms with Gasteiger partial charge in [-0.25, -0.2) is 19.9 Å². The van der Waals surface area contributed by atoms with Crippen LogP contribution in [0.4, 0.5) is 0 Å². The van der Waals surface area contributed by atoms with Gasteiger partial charge in [0.1, 0.15) is 12.1 Å². The summed E-state index contributed by atoms with van der Waals surface area (Å²) >= 11 is 0. The fourth-order valence-electron chi connectivity index (χ4n) is 5.60. The number of carbonyl (C=O) groups is 1. The minimum Gasteiger partial charge on any atom is -0.493 e. The second-order valence-electron chi connectivity index (χ2n) is 12.1. The van der Waals surface area contributed by atoms with Gasteiger partial charge in [-0.15, -0.1) is 12.8 Å². The minimum absolute atomic E-state index is 0.0865. The fraction of sp³-hybridized carbons (Fsp3) is 0.211. The van der Waals surface area contributed by atoms with Crippen LogP contribution in [0.1, 0.15) is 37.5 Å². The SMILES string of the molecule is C#C.CC(C)(C)O.Cc1cc2cc(-c3cnc(-c4cncnc4)nc3)ccc2c(-c2ccc3c4c(ccnc24)CCO3)c1CC(=O)O. The number of carboxylic acids is 1. The van der Waals surface area contributed by atoms with Gasteiger partial charge in [-0.05, 0) is 90.6 Å². The first-order chi connectivity index (χ1) is 22.6. The predicted molar refractivity (Wildman–Crippen MR) is 184 cm³/mol. The molecular weight excluding hydrogens is 590 g/mol. The molecule has 0 bridgehead atoms. The average molecular weight is 626 g/mol. The number of aromatic nitrogens is 5. The Kier molecular flexibility index (Phi) is 9.54. The van der Waals surface area contributed by atoms with Gasteiger partial charge in [0, 0.05) is 53.9 Å². The van der Waals surface area contributed by atoms with Crippen molar-refractivity contribution in [1.29, 1.82) is 0 Å². The third-order valence-corrected chi connectivity index (χ3v) is 7.44. The van der Waals surface area contributed by atoms with Crippen molar-refractivity contribution >= 4 is 27.6 Å². The van der Waals surface area contributed by atoms with E-state index in [-0.39, 0.29) is 6.42 Å². The number of rotatable bonds is 5. The Morgan fingerprint density at radius 3 is 2.30 bits per heavy atom. The average Bonchev–Trinajstić information content (AvgIpc) is 3.06. The maximum absolute atomic E-state index is 12.0. The summed E-state index contributed by atoms with van der Waals surface area (Å²) in [6.07, 6.45) is 19.0. The summed E-state index contributed by atoms with van der Waals surface area (Å²) in [6, 6.07) is 14.3. The molecule has 3 aromatic carbocycles. The van der Waals surface area contributed by atoms with Gasteiger partial charge in [0.05, 0.1) is 29.7 Å². The molecule has 0 saturated carbocycles. The van der Waals surface area contributed by atoms with Crippen LogP contribution in [-0.2, 0) is 17.6 Å². The molecule has 1 aliphatic rings. The Bertz CT molecular complexity index is 2070. The molecular formula is C38H35N5O4. The zero-order chi connectivity index (χ0) is 33.7. The molecule has 0 aliphatic carbocycles. The Labute approximate surface area is 273 Å². The van der Waals surface area contributed by atoms with Crippen LogP contribution < -0.4 is 4.74 Å². The molecule has 0 radical (unpaired) electrons. The highest BCUT2D eigenvalue weighted by Gasteiger charge is 2.22. The Morgan fingerprint density at radius 1 is 0.915 bits per heavy atom. The second-order valence-corrected chi connectivity index (χ2v) is 12.1. The quantitative estimate of drug-likeness (QED) is 0.197. The highest BCUT2D eigenvalue weighted by atomic mass is 16.5. The molecule has 7 rings (SSSR count). The number of aryl methyl sites for hydroxylation is 1. The third-order valence-electron chi connectivity index (χ3n) is 7.44. The lowest BCUT2D eigenvalue weighted by molar-refractivity contribution is -0.136. The number of hydrogen-bond donors (Lipinski definition) is 2. The smallest absolute Gasteiger partial charge is 0.307 e. The molecule has 0 amide bonds. The normalized spacial score (nSPS) is 11.9. The Morgan fingerprint density at radius 2 is 1.62 bits per heavy atom. The largest absolute Gasteiger partial charge is 0.493 e. The Balaban J connectivity index is 0.000000569. The third kappa shape index (κ3) is 7.24. The summed E-state index contributed by atoms with van der Waals surface area (Å²) in [7, 11) is 0. The van der Waals surface area contributed by atoms with E-state index in [1.165, 1.54) is 11.9 Å². The number of terminal acetylenes is 1. The first-order valence-corrected chi connectivity index (χ1v) is 15.0. The van der Waals surface area contributed by atoms with E-state index in [0.29, 0.717) is 12.4 Å². The van der Waals surface area contributed by atoms with Crippen molar-refractivity contribution < 1.29 is 19.7 Å². The van der Waals surface area contributed by atoms with Crippen LogP contribution in [0.2, 0.25) is 0 Å². The summed E-state index contributed by atoms with van der Waals surface area (Å²) in [4.78, 5) is 33.9. The van der Waals surface area contributed by atoms with Crippen LogP contribution in [0, 0.1) is 19.8 Å². The van der Waals surface area contributed by atoms with Crippen LogP contribution in [0.15, 0.2) is 79.8 Å². The van der Waals surface area contributed by atoms with Gasteiger partial charge in [-0.3, -0.25) is 9.78 Å². The van der Waals surface area contributed by atoms with E-state index in [4.69, 9.17) is 14.8 Å². The zero-order valence-electron chi connectivity index (χ0n) is 26.7. The van der Waals surface area contributed by atoms with Crippen molar-refractivity contribution in [2.24, 2.45) is 0 Å². The Hall–Kier alpha value is -5.72. The lowest BCUT2D eigenvalue weighted by Gasteiger charge is -2.22. The molecule has 2 N–H and O–H groups in total. The maximum Gasteiger partial charge on any atom is 0.307 e. The van der Waals surface area contributed by atoms with E-state index >= 15 is 0 Å². The van der Waals surface area contributed by atoms with Crippen LogP contribution >= 0.6 is 0 Å². The monoisotopic (exact) mass is 625 g/mol. The van der Waals surface area contributed by atoms with E-state index in [1.807, 2.05) is 37.4 Å². The maximum atomic E-state index is 12.0. The zero-order valence-corrected chi connectivity index (χ0v) is 26.7. The number of carboxylic acid groups (broad SMARTS) is 1. The second kappa shape index (κ2) is 13.7. The van der Waals surface area contributed by atoms with Crippen LogP contribution in [0.25, 0.3) is 55.3 Å². The molecule has 0 spiro atoms. The molecule has 0 fully saturated rings. The standard InChI is InChI=1S/C32H23N5O3.C4H10O.C2H2/c1-18-10-21-11-20(22-15-36-32(37-16-22)23-13-33-17-34-14-23)2-3-24(21)30(26(18)12-28(38)39)25-4-5-27-29-19(7-9-40-27)6-8-35-31(25)29;1-4(2,3)5;1-2/h2-6,8,10-11,13-17H,7,9,12H2,1H3,(H,38,39);5H,1-3H3;1-2H. The minimum atomic E-state index is -0.875. The van der Waals surface area contributed by atoms with Crippen molar-refractivity contribution in [1.82, 2.24) is 24.9 Å². The highest BCUT2D eigenvalue weighted by molar-refractivity contribution is 6.09. The van der Waals surface area contributed by atoms with Crippen LogP contribution in [-0.4, -0.2) is 53.3 Å². The van der Waals surface area contributed by atoms with E-state index in [9.17, 15) is 9.90 Å². The van der Waals surface area contributed by atoms with E-state index < -0.39 is 11.6 Å². The van der Waals surface area contributed by atoms with Gasteiger partial charge in [-0.1, -0.05) is 18.2 Å². The molecule has 3 aromatic heterocycles. The molecule has 1 aliphatic heterocycles. The van der Waals surface area contributed by atoms with Gasteiger partial charge in [0.25, 0.3) is 0 Å². The molecule has 4 heterocycles. The summed E-state index contributed by atoms with van der Waals surface area (Å²) in [5.41, 5.74) is 7.59. The molecule has 9 heteroatoms. The van der Waals surface area contributed by atoms with Gasteiger partial charge in [-0.2, -0.15) is 0 Å². The van der Waals surface area contributed by atoms with Crippen molar-refractivity contribution in [2.45, 2.75) is 46.1 Å². The molecule has 6 aromatic rings. The van der Waals surface area contributed by atoms with Gasteiger partial charge >= 0.3 is 5.97 Å². The van der Waals surface area contributed by atoms with Crippen molar-refractivity contribution in [3.8, 4) is 52.2 Å². The van der Waals surface area contributed by atoms with Crippen molar-refractivity contribution in [3.63, 3.8) is 0 Å². The molecule has 0 unspecified atom stereocenters. The molecule has 236 valence electrons. The number of ether oxygens (including phenoxy) is 1. The highest BCUT2D eigenvalue weighted by Crippen LogP contribution is 2.43. The number of benzene rings is 3. The fourth-order valence-corrected chi connectivity index (χ4v) is 5.60. The topological polar surface area (TPSA) is 131 Å². The number of aliphatic carboxylic acids is 1. The van der Waals surface area contributed by atoms with Crippen molar-refractivity contribution in [2.75, 3.05) is 6.61 Å². The summed E-state index contributed by atoms with van der Waals surface area (Å²) in [6.45, 7) is 7.83. The molecule has 47 heavy (non-hydrogen) atoms. The van der Waals surface area contributed by atoms with Gasteiger partial charge in [0.2, 0.25) is 0 Å². The molecule has 0 atom stereocenters. The number of hydrogen-bond acceptors (Lipinski definition) is 8. The first-order valence-electron chi connectivity index (χ1n) is 15.0. The molecule has 0 saturated heterocycles. The summed E-state index contributed by atoms with van der Waals surface area (Å²) < 4.78 is 5.94. The first kappa shape index (κ1) is 32.7. The van der Waals surface area contributed by atoms with Crippen LogP contribution in [0.3, 0.4) is 0 Å². The van der Waals surface area contributed by atoms with E-state index in [2.05, 4.69) is 51.0 Å². The predicted octanol–water partition coefficient (Wildman–Crippen LogP) is 6.87. The summed E-state index contributed by atoms with van der Waals surface area (Å²) in [5.74, 6) is 0.499. The van der Waals surface area contributed by atoms with Crippen LogP contribution in [0.5, 0.6) is 5.75 Å². The van der Waals surface area contributed by atoms with Gasteiger partial charge in [0.15, 0.2) is 5.82 Å². The van der Waals surface area contributed by atoms with E-state index in [0.717, 1.165) is 72.8 Å². The number of nitrogens with zero attached hydrogens (tertiary/aromatic N) is 5. The van der Waals surface area contributed by atoms with E-state index in [1.54, 1.807) is 45.6 Å². The number of fused-ring (bicyclic) bond motifs is 1. The van der Waals surface area contributed by atoms with Gasteiger partial charge < -0.3 is 14.9 Å². The lowest BCUT2D eigenvalue weighted by atomic mass is 9.86. The number of aliphatic hydroxyl groups is 1. The lowest BCUT2D eigenvalue weighted by Crippen LogP contribution is -2.10.